The highest BCUT2D eigenvalue weighted by atomic mass is 31.2. The molecular weight excluding hydrogens is 651 g/mol. The Morgan fingerprint density at radius 2 is 0.940 bits per heavy atom. The van der Waals surface area contributed by atoms with Crippen LogP contribution in [0.1, 0.15) is 168 Å². The van der Waals surface area contributed by atoms with Crippen molar-refractivity contribution < 1.29 is 37.9 Å². The van der Waals surface area contributed by atoms with E-state index in [0.29, 0.717) is 12.8 Å². The molecule has 0 aromatic rings. The lowest BCUT2D eigenvalue weighted by Gasteiger charge is -2.18. The molecule has 0 aliphatic rings. The summed E-state index contributed by atoms with van der Waals surface area (Å²) in [5.41, 5.74) is 0. The topological polar surface area (TPSA) is 119 Å². The lowest BCUT2D eigenvalue weighted by Crippen LogP contribution is -2.29. The highest BCUT2D eigenvalue weighted by molar-refractivity contribution is 7.46. The van der Waals surface area contributed by atoms with Gasteiger partial charge in [0.15, 0.2) is 6.10 Å². The van der Waals surface area contributed by atoms with Crippen LogP contribution < -0.4 is 0 Å². The van der Waals surface area contributed by atoms with Crippen LogP contribution in [-0.2, 0) is 28.2 Å². The average Bonchev–Trinajstić information content (AvgIpc) is 3.08. The molecule has 0 unspecified atom stereocenters. The van der Waals surface area contributed by atoms with Crippen LogP contribution in [0.5, 0.6) is 0 Å². The number of carbonyl (C=O) groups excluding carboxylic acids is 2. The maximum absolute atomic E-state index is 12.4. The normalized spacial score (nSPS) is 13.1. The molecular formula is C41H71O8P. The van der Waals surface area contributed by atoms with Crippen molar-refractivity contribution in [3.63, 3.8) is 0 Å². The van der Waals surface area contributed by atoms with Gasteiger partial charge in [-0.1, -0.05) is 145 Å². The number of phosphoric ester groups is 1. The minimum absolute atomic E-state index is 0.172. The van der Waals surface area contributed by atoms with Crippen LogP contribution in [0.25, 0.3) is 0 Å². The second kappa shape index (κ2) is 36.5. The SMILES string of the molecule is CCC/C=C/C/C=C/C/C=C/C/C=C/CCCCCC(=O)O[C@H](COC(=O)CCCCCCCCCCC/C=C/CCCC)COP(=O)(O)O. The summed E-state index contributed by atoms with van der Waals surface area (Å²) in [5.74, 6) is -0.927. The van der Waals surface area contributed by atoms with Crippen molar-refractivity contribution in [1.29, 1.82) is 0 Å². The third kappa shape index (κ3) is 38.6. The predicted octanol–water partition coefficient (Wildman–Crippen LogP) is 11.7. The third-order valence-electron chi connectivity index (χ3n) is 7.99. The molecule has 1 atom stereocenters. The van der Waals surface area contributed by atoms with E-state index in [1.54, 1.807) is 0 Å². The third-order valence-corrected chi connectivity index (χ3v) is 8.48. The average molecular weight is 723 g/mol. The van der Waals surface area contributed by atoms with Crippen molar-refractivity contribution in [3.8, 4) is 0 Å². The van der Waals surface area contributed by atoms with Crippen LogP contribution in [0.4, 0.5) is 0 Å². The number of hydrogen-bond acceptors (Lipinski definition) is 6. The number of rotatable bonds is 35. The van der Waals surface area contributed by atoms with Gasteiger partial charge in [0.2, 0.25) is 0 Å². The van der Waals surface area contributed by atoms with Crippen LogP contribution in [-0.4, -0.2) is 41.0 Å². The van der Waals surface area contributed by atoms with E-state index in [1.807, 2.05) is 0 Å². The van der Waals surface area contributed by atoms with Gasteiger partial charge in [0.1, 0.15) is 6.61 Å². The molecule has 8 nitrogen and oxygen atoms in total. The van der Waals surface area contributed by atoms with E-state index in [4.69, 9.17) is 19.3 Å². The molecule has 0 fully saturated rings. The number of hydrogen-bond donors (Lipinski definition) is 2. The van der Waals surface area contributed by atoms with Crippen molar-refractivity contribution in [1.82, 2.24) is 0 Å². The van der Waals surface area contributed by atoms with Gasteiger partial charge in [0.05, 0.1) is 6.61 Å². The van der Waals surface area contributed by atoms with Crippen molar-refractivity contribution >= 4 is 19.8 Å². The summed E-state index contributed by atoms with van der Waals surface area (Å²) in [4.78, 5) is 42.7. The predicted molar refractivity (Wildman–Crippen MR) is 207 cm³/mol. The fourth-order valence-corrected chi connectivity index (χ4v) is 5.41. The van der Waals surface area contributed by atoms with Gasteiger partial charge in [-0.2, -0.15) is 0 Å². The molecule has 0 aromatic heterocycles. The lowest BCUT2D eigenvalue weighted by molar-refractivity contribution is -0.161. The molecule has 0 saturated heterocycles. The summed E-state index contributed by atoms with van der Waals surface area (Å²) in [6.45, 7) is 3.55. The van der Waals surface area contributed by atoms with Crippen LogP contribution in [0.2, 0.25) is 0 Å². The van der Waals surface area contributed by atoms with E-state index < -0.39 is 32.5 Å². The largest absolute Gasteiger partial charge is 0.469 e. The molecule has 2 N–H and O–H groups in total. The monoisotopic (exact) mass is 722 g/mol. The van der Waals surface area contributed by atoms with Crippen molar-refractivity contribution in [3.05, 3.63) is 60.8 Å². The zero-order valence-electron chi connectivity index (χ0n) is 31.5. The van der Waals surface area contributed by atoms with E-state index in [0.717, 1.165) is 64.2 Å². The summed E-state index contributed by atoms with van der Waals surface area (Å²) in [6.07, 6.45) is 45.1. The van der Waals surface area contributed by atoms with Gasteiger partial charge in [-0.05, 0) is 70.6 Å². The number of unbranched alkanes of at least 4 members (excludes halogenated alkanes) is 15. The van der Waals surface area contributed by atoms with Gasteiger partial charge in [0.25, 0.3) is 0 Å². The molecule has 0 saturated carbocycles. The number of ether oxygens (including phenoxy) is 2. The molecule has 0 bridgehead atoms. The quantitative estimate of drug-likeness (QED) is 0.0287. The number of phosphoric acid groups is 1. The summed E-state index contributed by atoms with van der Waals surface area (Å²) in [6, 6.07) is 0. The van der Waals surface area contributed by atoms with E-state index in [2.05, 4.69) is 79.1 Å². The van der Waals surface area contributed by atoms with Crippen molar-refractivity contribution in [2.45, 2.75) is 174 Å². The standard InChI is InChI=1S/C41H71O8P/c1-3-5-7-9-11-13-15-17-19-20-22-24-26-28-30-32-34-36-41(43)49-39(38-48-50(44,45)46)37-47-40(42)35-33-31-29-27-25-23-21-18-16-14-12-10-8-6-4-2/h7,9-10,12-13,15,19-20,24,26,39H,3-6,8,11,14,16-18,21-23,25,27-38H2,1-2H3,(H2,44,45,46)/b9-7+,12-10+,15-13+,20-19+,26-24+/t39-/m1/s1. The second-order valence-electron chi connectivity index (χ2n) is 12.9. The van der Waals surface area contributed by atoms with Crippen LogP contribution in [0.15, 0.2) is 60.8 Å². The second-order valence-corrected chi connectivity index (χ2v) is 14.1. The van der Waals surface area contributed by atoms with Gasteiger partial charge in [-0.15, -0.1) is 0 Å². The molecule has 50 heavy (non-hydrogen) atoms. The Bertz CT molecular complexity index is 995. The maximum atomic E-state index is 12.4. The molecule has 288 valence electrons. The van der Waals surface area contributed by atoms with E-state index in [-0.39, 0.29) is 19.4 Å². The smallest absolute Gasteiger partial charge is 0.462 e. The zero-order valence-corrected chi connectivity index (χ0v) is 32.4. The molecule has 0 heterocycles. The van der Waals surface area contributed by atoms with Gasteiger partial charge in [0, 0.05) is 12.8 Å². The first-order valence-corrected chi connectivity index (χ1v) is 21.1. The Labute approximate surface area is 305 Å². The zero-order chi connectivity index (χ0) is 36.8. The number of esters is 2. The first-order valence-electron chi connectivity index (χ1n) is 19.6. The molecule has 0 amide bonds. The van der Waals surface area contributed by atoms with Gasteiger partial charge in [-0.3, -0.25) is 14.1 Å². The maximum Gasteiger partial charge on any atom is 0.469 e. The molecule has 0 aliphatic carbocycles. The van der Waals surface area contributed by atoms with Crippen molar-refractivity contribution in [2.75, 3.05) is 13.2 Å². The molecule has 9 heteroatoms. The number of allylic oxidation sites excluding steroid dienone is 10. The Balaban J connectivity index is 4.03. The summed E-state index contributed by atoms with van der Waals surface area (Å²) < 4.78 is 26.3. The summed E-state index contributed by atoms with van der Waals surface area (Å²) in [7, 11) is -4.76. The van der Waals surface area contributed by atoms with E-state index >= 15 is 0 Å². The van der Waals surface area contributed by atoms with Gasteiger partial charge >= 0.3 is 19.8 Å². The van der Waals surface area contributed by atoms with Crippen molar-refractivity contribution in [2.24, 2.45) is 0 Å². The van der Waals surface area contributed by atoms with Gasteiger partial charge in [-0.25, -0.2) is 4.57 Å². The molecule has 0 spiro atoms. The minimum atomic E-state index is -4.76. The van der Waals surface area contributed by atoms with Crippen LogP contribution in [0.3, 0.4) is 0 Å². The Hall–Kier alpha value is -2.25. The Morgan fingerprint density at radius 1 is 0.520 bits per heavy atom. The molecule has 0 rings (SSSR count). The highest BCUT2D eigenvalue weighted by Crippen LogP contribution is 2.36. The number of carbonyl (C=O) groups is 2. The fourth-order valence-electron chi connectivity index (χ4n) is 5.05. The molecule has 0 aliphatic heterocycles. The van der Waals surface area contributed by atoms with Crippen LogP contribution in [0, 0.1) is 0 Å². The molecule has 0 radical (unpaired) electrons. The fraction of sp³-hybridized carbons (Fsp3) is 0.707. The van der Waals surface area contributed by atoms with E-state index in [9.17, 15) is 14.2 Å². The lowest BCUT2D eigenvalue weighted by atomic mass is 10.1. The summed E-state index contributed by atoms with van der Waals surface area (Å²) in [5, 5.41) is 0. The Kier molecular flexibility index (Phi) is 34.9. The first kappa shape index (κ1) is 47.8. The van der Waals surface area contributed by atoms with Crippen LogP contribution >= 0.6 is 7.82 Å². The molecule has 0 aromatic carbocycles. The summed E-state index contributed by atoms with van der Waals surface area (Å²) >= 11 is 0. The van der Waals surface area contributed by atoms with Gasteiger partial charge < -0.3 is 19.3 Å². The minimum Gasteiger partial charge on any atom is -0.462 e. The first-order chi connectivity index (χ1) is 24.3. The highest BCUT2D eigenvalue weighted by Gasteiger charge is 2.22. The van der Waals surface area contributed by atoms with E-state index in [1.165, 1.54) is 64.2 Å². The Morgan fingerprint density at radius 3 is 1.46 bits per heavy atom.